The Bertz CT molecular complexity index is 1140. The summed E-state index contributed by atoms with van der Waals surface area (Å²) < 4.78 is 22.2. The summed E-state index contributed by atoms with van der Waals surface area (Å²) in [6.45, 7) is 2.54. The molecule has 3 N–H and O–H groups in total. The molecule has 3 aromatic rings. The minimum absolute atomic E-state index is 0.0497. The zero-order valence-electron chi connectivity index (χ0n) is 18.3. The molecule has 1 aromatic carbocycles. The quantitative estimate of drug-likeness (QED) is 0.140. The number of esters is 1. The predicted molar refractivity (Wildman–Crippen MR) is 130 cm³/mol. The second-order valence-electron chi connectivity index (χ2n) is 7.00. The minimum atomic E-state index is -0.547. The average Bonchev–Trinajstić information content (AvgIpc) is 3.29. The molecule has 176 valence electrons. The van der Waals surface area contributed by atoms with E-state index in [0.29, 0.717) is 30.8 Å². The van der Waals surface area contributed by atoms with Crippen molar-refractivity contribution in [3.63, 3.8) is 0 Å². The lowest BCUT2D eigenvalue weighted by molar-refractivity contribution is -0.121. The van der Waals surface area contributed by atoms with E-state index in [4.69, 9.17) is 9.57 Å². The molecule has 0 unspecified atom stereocenters. The van der Waals surface area contributed by atoms with Crippen LogP contribution in [-0.2, 0) is 20.9 Å². The SMILES string of the molecule is CCOC(=O)c1cc(CNOCCCC(=O)NC)c2cncn2c1Nc1ccc(I)cc1F. The van der Waals surface area contributed by atoms with Gasteiger partial charge in [-0.05, 0) is 65.8 Å². The van der Waals surface area contributed by atoms with E-state index in [9.17, 15) is 14.0 Å². The zero-order valence-corrected chi connectivity index (χ0v) is 20.4. The molecule has 0 saturated carbocycles. The lowest BCUT2D eigenvalue weighted by Gasteiger charge is -2.17. The number of pyridine rings is 1. The van der Waals surface area contributed by atoms with E-state index in [1.54, 1.807) is 49.1 Å². The summed E-state index contributed by atoms with van der Waals surface area (Å²) in [6, 6.07) is 6.44. The number of ether oxygens (including phenoxy) is 1. The smallest absolute Gasteiger partial charge is 0.341 e. The van der Waals surface area contributed by atoms with Crippen molar-refractivity contribution in [3.05, 3.63) is 57.3 Å². The van der Waals surface area contributed by atoms with Crippen molar-refractivity contribution < 1.29 is 23.6 Å². The van der Waals surface area contributed by atoms with Crippen molar-refractivity contribution >= 4 is 51.5 Å². The van der Waals surface area contributed by atoms with Gasteiger partial charge in [0.2, 0.25) is 5.91 Å². The summed E-state index contributed by atoms with van der Waals surface area (Å²) in [5.41, 5.74) is 4.75. The lowest BCUT2D eigenvalue weighted by Crippen LogP contribution is -2.20. The van der Waals surface area contributed by atoms with Crippen molar-refractivity contribution in [2.45, 2.75) is 26.3 Å². The largest absolute Gasteiger partial charge is 0.462 e. The molecule has 1 amide bonds. The standard InChI is InChI=1S/C22H25FIN5O4/c1-3-32-22(31)16-9-14(11-27-33-8-4-5-20(30)25-2)19-12-26-13-29(19)21(16)28-18-7-6-15(24)10-17(18)23/h6-7,9-10,12-13,27-28H,3-5,8,11H2,1-2H3,(H,25,30). The molecule has 0 aliphatic carbocycles. The van der Waals surface area contributed by atoms with Gasteiger partial charge in [-0.25, -0.2) is 14.2 Å². The van der Waals surface area contributed by atoms with Crippen LogP contribution in [0.15, 0.2) is 36.8 Å². The maximum Gasteiger partial charge on any atom is 0.341 e. The van der Waals surface area contributed by atoms with E-state index in [-0.39, 0.29) is 30.3 Å². The van der Waals surface area contributed by atoms with Gasteiger partial charge in [0.1, 0.15) is 23.5 Å². The highest BCUT2D eigenvalue weighted by Gasteiger charge is 2.20. The molecule has 9 nitrogen and oxygen atoms in total. The fraction of sp³-hybridized carbons (Fsp3) is 0.318. The molecule has 0 aliphatic heterocycles. The number of imidazole rings is 1. The van der Waals surface area contributed by atoms with Crippen molar-refractivity contribution in [2.24, 2.45) is 0 Å². The molecule has 2 heterocycles. The zero-order chi connectivity index (χ0) is 23.8. The van der Waals surface area contributed by atoms with Gasteiger partial charge in [0.05, 0.1) is 30.6 Å². The average molecular weight is 569 g/mol. The van der Waals surface area contributed by atoms with Crippen LogP contribution < -0.4 is 16.1 Å². The topological polar surface area (TPSA) is 106 Å². The number of hydrogen-bond donors (Lipinski definition) is 3. The van der Waals surface area contributed by atoms with Gasteiger partial charge in [0, 0.05) is 23.6 Å². The number of benzene rings is 1. The number of hydrogen-bond acceptors (Lipinski definition) is 7. The molecule has 0 fully saturated rings. The molecule has 3 rings (SSSR count). The van der Waals surface area contributed by atoms with Gasteiger partial charge in [-0.2, -0.15) is 5.48 Å². The highest BCUT2D eigenvalue weighted by atomic mass is 127. The number of amides is 1. The number of aromatic nitrogens is 2. The first-order valence-corrected chi connectivity index (χ1v) is 11.4. The van der Waals surface area contributed by atoms with E-state index < -0.39 is 11.8 Å². The van der Waals surface area contributed by atoms with Crippen LogP contribution in [0.1, 0.15) is 35.7 Å². The lowest BCUT2D eigenvalue weighted by atomic mass is 10.1. The normalized spacial score (nSPS) is 10.9. The van der Waals surface area contributed by atoms with Crippen LogP contribution >= 0.6 is 22.6 Å². The number of fused-ring (bicyclic) bond motifs is 1. The number of nitrogens with zero attached hydrogens (tertiary/aromatic N) is 2. The van der Waals surface area contributed by atoms with Crippen LogP contribution in [0.2, 0.25) is 0 Å². The van der Waals surface area contributed by atoms with E-state index in [0.717, 1.165) is 9.13 Å². The van der Waals surface area contributed by atoms with Crippen LogP contribution in [-0.4, -0.2) is 41.5 Å². The fourth-order valence-corrected chi connectivity index (χ4v) is 3.59. The van der Waals surface area contributed by atoms with Crippen molar-refractivity contribution in [3.8, 4) is 0 Å². The number of hydroxylamine groups is 1. The molecule has 0 aliphatic rings. The molecule has 0 bridgehead atoms. The maximum atomic E-state index is 14.5. The molecule has 0 saturated heterocycles. The first kappa shape index (κ1) is 24.9. The molecule has 2 aromatic heterocycles. The Morgan fingerprint density at radius 1 is 1.27 bits per heavy atom. The molecule has 0 spiro atoms. The minimum Gasteiger partial charge on any atom is -0.462 e. The predicted octanol–water partition coefficient (Wildman–Crippen LogP) is 3.55. The summed E-state index contributed by atoms with van der Waals surface area (Å²) in [6.07, 6.45) is 4.12. The number of nitrogens with one attached hydrogen (secondary N) is 3. The van der Waals surface area contributed by atoms with Crippen LogP contribution in [0.25, 0.3) is 5.52 Å². The molecular weight excluding hydrogens is 544 g/mol. The number of halogens is 2. The molecule has 0 radical (unpaired) electrons. The van der Waals surface area contributed by atoms with Crippen molar-refractivity contribution in [1.82, 2.24) is 20.2 Å². The number of carbonyl (C=O) groups excluding carboxylic acids is 2. The Hall–Kier alpha value is -2.77. The van der Waals surface area contributed by atoms with E-state index in [2.05, 4.69) is 21.1 Å². The van der Waals surface area contributed by atoms with Crippen LogP contribution in [0.3, 0.4) is 0 Å². The van der Waals surface area contributed by atoms with Crippen LogP contribution in [0.5, 0.6) is 0 Å². The van der Waals surface area contributed by atoms with Gasteiger partial charge in [0.15, 0.2) is 0 Å². The highest BCUT2D eigenvalue weighted by Crippen LogP contribution is 2.28. The molecule has 33 heavy (non-hydrogen) atoms. The fourth-order valence-electron chi connectivity index (χ4n) is 3.14. The third-order valence-electron chi connectivity index (χ3n) is 4.76. The van der Waals surface area contributed by atoms with Gasteiger partial charge < -0.3 is 20.2 Å². The number of carbonyl (C=O) groups is 2. The number of rotatable bonds is 11. The van der Waals surface area contributed by atoms with E-state index in [1.165, 1.54) is 6.07 Å². The van der Waals surface area contributed by atoms with Crippen molar-refractivity contribution in [2.75, 3.05) is 25.6 Å². The van der Waals surface area contributed by atoms with Gasteiger partial charge in [-0.3, -0.25) is 9.20 Å². The third kappa shape index (κ3) is 6.39. The second-order valence-corrected chi connectivity index (χ2v) is 8.24. The Morgan fingerprint density at radius 2 is 2.09 bits per heavy atom. The van der Waals surface area contributed by atoms with Gasteiger partial charge in [-0.1, -0.05) is 0 Å². The summed E-state index contributed by atoms with van der Waals surface area (Å²) in [5, 5.41) is 5.57. The molecule has 0 atom stereocenters. The summed E-state index contributed by atoms with van der Waals surface area (Å²) in [5.74, 6) is -0.697. The van der Waals surface area contributed by atoms with Crippen LogP contribution in [0, 0.1) is 9.39 Å². The van der Waals surface area contributed by atoms with Gasteiger partial charge in [0.25, 0.3) is 0 Å². The summed E-state index contributed by atoms with van der Waals surface area (Å²) in [4.78, 5) is 33.6. The van der Waals surface area contributed by atoms with Gasteiger partial charge >= 0.3 is 5.97 Å². The Kier molecular flexibility index (Phi) is 8.97. The molecule has 11 heteroatoms. The van der Waals surface area contributed by atoms with Gasteiger partial charge in [-0.15, -0.1) is 0 Å². The Labute approximate surface area is 204 Å². The molecular formula is C22H25FIN5O4. The highest BCUT2D eigenvalue weighted by molar-refractivity contribution is 14.1. The monoisotopic (exact) mass is 569 g/mol. The third-order valence-corrected chi connectivity index (χ3v) is 5.43. The van der Waals surface area contributed by atoms with Crippen LogP contribution in [0.4, 0.5) is 15.9 Å². The second kappa shape index (κ2) is 11.9. The Balaban J connectivity index is 1.85. The first-order valence-electron chi connectivity index (χ1n) is 10.4. The van der Waals surface area contributed by atoms with E-state index in [1.807, 2.05) is 22.6 Å². The maximum absolute atomic E-state index is 14.5. The summed E-state index contributed by atoms with van der Waals surface area (Å²) >= 11 is 2.03. The first-order chi connectivity index (χ1) is 15.9. The number of anilines is 2. The summed E-state index contributed by atoms with van der Waals surface area (Å²) in [7, 11) is 1.59. The Morgan fingerprint density at radius 3 is 2.82 bits per heavy atom. The van der Waals surface area contributed by atoms with E-state index >= 15 is 0 Å². The van der Waals surface area contributed by atoms with Crippen molar-refractivity contribution in [1.29, 1.82) is 0 Å².